The maximum absolute atomic E-state index is 12.5. The number of hydrogen-bond acceptors (Lipinski definition) is 5. The van der Waals surface area contributed by atoms with Crippen molar-refractivity contribution < 1.29 is 24.2 Å². The molecule has 1 saturated heterocycles. The van der Waals surface area contributed by atoms with Crippen molar-refractivity contribution in [3.05, 3.63) is 65.2 Å². The first-order chi connectivity index (χ1) is 15.7. The summed E-state index contributed by atoms with van der Waals surface area (Å²) in [6.07, 6.45) is 4.05. The van der Waals surface area contributed by atoms with Gasteiger partial charge in [0, 0.05) is 43.5 Å². The van der Waals surface area contributed by atoms with Gasteiger partial charge in [0.1, 0.15) is 23.6 Å². The summed E-state index contributed by atoms with van der Waals surface area (Å²) in [5.41, 5.74) is 2.83. The molecule has 2 heterocycles. The maximum atomic E-state index is 12.5. The Morgan fingerprint density at radius 1 is 1.09 bits per heavy atom. The third kappa shape index (κ3) is 5.28. The molecule has 2 aromatic carbocycles. The Hall–Kier alpha value is -3.12. The summed E-state index contributed by atoms with van der Waals surface area (Å²) in [5.74, 6) is 0.564. The van der Waals surface area contributed by atoms with Crippen LogP contribution in [0.1, 0.15) is 61.5 Å². The van der Waals surface area contributed by atoms with E-state index in [1.54, 1.807) is 17.0 Å². The second-order valence-electron chi connectivity index (χ2n) is 9.80. The van der Waals surface area contributed by atoms with Crippen LogP contribution in [0.25, 0.3) is 11.6 Å². The molecule has 2 aliphatic heterocycles. The maximum Gasteiger partial charge on any atom is 0.410 e. The molecule has 2 aliphatic rings. The minimum absolute atomic E-state index is 0.276. The standard InChI is InChI=1S/C27H31NO5/c1-26(2,3)33-25(31)28-14-12-27(13-15-28)17-21(22-6-4-5-7-24(22)32-27)16-19-8-10-20(11-9-19)23(30)18-29/h4-11,16,29H,12-15,17-18H2,1-3H3. The number of hydrogen-bond donors (Lipinski definition) is 1. The van der Waals surface area contributed by atoms with Crippen molar-refractivity contribution in [2.45, 2.75) is 51.2 Å². The first kappa shape index (κ1) is 23.1. The van der Waals surface area contributed by atoms with Crippen LogP contribution in [0, 0.1) is 0 Å². The average Bonchev–Trinajstić information content (AvgIpc) is 2.78. The van der Waals surface area contributed by atoms with E-state index < -0.39 is 12.2 Å². The summed E-state index contributed by atoms with van der Waals surface area (Å²) in [6, 6.07) is 15.3. The summed E-state index contributed by atoms with van der Waals surface area (Å²) in [6.45, 7) is 6.31. The highest BCUT2D eigenvalue weighted by Crippen LogP contribution is 2.45. The van der Waals surface area contributed by atoms with E-state index in [1.165, 1.54) is 5.57 Å². The van der Waals surface area contributed by atoms with E-state index in [1.807, 2.05) is 51.1 Å². The van der Waals surface area contributed by atoms with Gasteiger partial charge in [-0.1, -0.05) is 48.5 Å². The van der Waals surface area contributed by atoms with Crippen LogP contribution >= 0.6 is 0 Å². The monoisotopic (exact) mass is 449 g/mol. The molecule has 0 aromatic heterocycles. The van der Waals surface area contributed by atoms with Crippen molar-refractivity contribution in [2.24, 2.45) is 0 Å². The summed E-state index contributed by atoms with van der Waals surface area (Å²) in [5, 5.41) is 9.07. The predicted octanol–water partition coefficient (Wildman–Crippen LogP) is 4.95. The molecular weight excluding hydrogens is 418 g/mol. The predicted molar refractivity (Wildman–Crippen MR) is 127 cm³/mol. The van der Waals surface area contributed by atoms with E-state index in [4.69, 9.17) is 14.6 Å². The van der Waals surface area contributed by atoms with Gasteiger partial charge in [0.2, 0.25) is 0 Å². The Morgan fingerprint density at radius 2 is 1.76 bits per heavy atom. The van der Waals surface area contributed by atoms with Crippen LogP contribution in [0.4, 0.5) is 4.79 Å². The van der Waals surface area contributed by atoms with Gasteiger partial charge in [-0.05, 0) is 38.0 Å². The third-order valence-corrected chi connectivity index (χ3v) is 6.12. The minimum Gasteiger partial charge on any atom is -0.486 e. The molecule has 0 bridgehead atoms. The van der Waals surface area contributed by atoms with E-state index in [2.05, 4.69) is 12.1 Å². The van der Waals surface area contributed by atoms with Crippen molar-refractivity contribution in [3.8, 4) is 5.75 Å². The molecular formula is C27H31NO5. The molecule has 0 atom stereocenters. The number of Topliss-reactive ketones (excluding diaryl/α,β-unsaturated/α-hetero) is 1. The number of ketones is 1. The van der Waals surface area contributed by atoms with Crippen LogP contribution in [0.15, 0.2) is 48.5 Å². The number of rotatable bonds is 3. The number of para-hydroxylation sites is 1. The number of aliphatic hydroxyl groups is 1. The van der Waals surface area contributed by atoms with Gasteiger partial charge in [-0.15, -0.1) is 0 Å². The molecule has 6 heteroatoms. The molecule has 0 saturated carbocycles. The lowest BCUT2D eigenvalue weighted by atomic mass is 9.80. The first-order valence-electron chi connectivity index (χ1n) is 11.4. The summed E-state index contributed by atoms with van der Waals surface area (Å²) < 4.78 is 12.1. The first-order valence-corrected chi connectivity index (χ1v) is 11.4. The fourth-order valence-corrected chi connectivity index (χ4v) is 4.42. The number of carbonyl (C=O) groups excluding carboxylic acids is 2. The molecule has 33 heavy (non-hydrogen) atoms. The fraction of sp³-hybridized carbons (Fsp3) is 0.407. The minimum atomic E-state index is -0.514. The topological polar surface area (TPSA) is 76.1 Å². The molecule has 1 spiro atoms. The number of carbonyl (C=O) groups is 2. The highest BCUT2D eigenvalue weighted by molar-refractivity contribution is 5.97. The van der Waals surface area contributed by atoms with Crippen molar-refractivity contribution in [1.29, 1.82) is 0 Å². The Bertz CT molecular complexity index is 1060. The number of aliphatic hydroxyl groups excluding tert-OH is 1. The second-order valence-corrected chi connectivity index (χ2v) is 9.80. The quantitative estimate of drug-likeness (QED) is 0.671. The molecule has 0 aliphatic carbocycles. The number of likely N-dealkylation sites (tertiary alicyclic amines) is 1. The second kappa shape index (κ2) is 9.02. The van der Waals surface area contributed by atoms with E-state index in [-0.39, 0.29) is 17.5 Å². The molecule has 0 unspecified atom stereocenters. The lowest BCUT2D eigenvalue weighted by molar-refractivity contribution is -0.0179. The van der Waals surface area contributed by atoms with E-state index >= 15 is 0 Å². The summed E-state index contributed by atoms with van der Waals surface area (Å²) in [4.78, 5) is 26.0. The number of nitrogens with zero attached hydrogens (tertiary/aromatic N) is 1. The zero-order chi connectivity index (χ0) is 23.6. The largest absolute Gasteiger partial charge is 0.486 e. The molecule has 1 N–H and O–H groups in total. The van der Waals surface area contributed by atoms with E-state index in [0.29, 0.717) is 18.7 Å². The lowest BCUT2D eigenvalue weighted by Crippen LogP contribution is -2.51. The molecule has 4 rings (SSSR count). The average molecular weight is 450 g/mol. The number of piperidine rings is 1. The van der Waals surface area contributed by atoms with Crippen molar-refractivity contribution in [1.82, 2.24) is 4.90 Å². The summed E-state index contributed by atoms with van der Waals surface area (Å²) in [7, 11) is 0. The molecule has 1 amide bonds. The fourth-order valence-electron chi connectivity index (χ4n) is 4.42. The molecule has 2 aromatic rings. The van der Waals surface area contributed by atoms with Crippen LogP contribution in [0.3, 0.4) is 0 Å². The van der Waals surface area contributed by atoms with Gasteiger partial charge in [0.15, 0.2) is 5.78 Å². The van der Waals surface area contributed by atoms with Crippen molar-refractivity contribution in [2.75, 3.05) is 19.7 Å². The summed E-state index contributed by atoms with van der Waals surface area (Å²) >= 11 is 0. The highest BCUT2D eigenvalue weighted by atomic mass is 16.6. The van der Waals surface area contributed by atoms with Crippen molar-refractivity contribution >= 4 is 23.5 Å². The van der Waals surface area contributed by atoms with Crippen LogP contribution < -0.4 is 4.74 Å². The number of amides is 1. The lowest BCUT2D eigenvalue weighted by Gasteiger charge is -2.45. The van der Waals surface area contributed by atoms with Crippen LogP contribution in [-0.2, 0) is 4.74 Å². The van der Waals surface area contributed by atoms with Gasteiger partial charge in [0.25, 0.3) is 0 Å². The van der Waals surface area contributed by atoms with Gasteiger partial charge in [-0.25, -0.2) is 4.79 Å². The Kier molecular flexibility index (Phi) is 6.30. The molecule has 0 radical (unpaired) electrons. The third-order valence-electron chi connectivity index (χ3n) is 6.12. The number of benzene rings is 2. The zero-order valence-electron chi connectivity index (χ0n) is 19.5. The van der Waals surface area contributed by atoms with Crippen LogP contribution in [-0.4, -0.2) is 52.8 Å². The highest BCUT2D eigenvalue weighted by Gasteiger charge is 2.42. The Balaban J connectivity index is 1.56. The van der Waals surface area contributed by atoms with Gasteiger partial charge >= 0.3 is 6.09 Å². The van der Waals surface area contributed by atoms with Gasteiger partial charge in [0.05, 0.1) is 0 Å². The van der Waals surface area contributed by atoms with E-state index in [0.717, 1.165) is 36.1 Å². The van der Waals surface area contributed by atoms with Gasteiger partial charge in [-0.2, -0.15) is 0 Å². The number of fused-ring (bicyclic) bond motifs is 1. The smallest absolute Gasteiger partial charge is 0.410 e. The Labute approximate surface area is 194 Å². The van der Waals surface area contributed by atoms with E-state index in [9.17, 15) is 9.59 Å². The van der Waals surface area contributed by atoms with Gasteiger partial charge in [-0.3, -0.25) is 4.79 Å². The Morgan fingerprint density at radius 3 is 2.39 bits per heavy atom. The van der Waals surface area contributed by atoms with Gasteiger partial charge < -0.3 is 19.5 Å². The van der Waals surface area contributed by atoms with Crippen molar-refractivity contribution in [3.63, 3.8) is 0 Å². The normalized spacial score (nSPS) is 18.5. The van der Waals surface area contributed by atoms with Crippen LogP contribution in [0.2, 0.25) is 0 Å². The van der Waals surface area contributed by atoms with Crippen LogP contribution in [0.5, 0.6) is 5.75 Å². The molecule has 174 valence electrons. The zero-order valence-corrected chi connectivity index (χ0v) is 19.5. The number of ether oxygens (including phenoxy) is 2. The molecule has 1 fully saturated rings. The SMILES string of the molecule is CC(C)(C)OC(=O)N1CCC2(CC1)CC(=Cc1ccc(C(=O)CO)cc1)c1ccccc1O2. The molecule has 6 nitrogen and oxygen atoms in total.